The molecule has 0 aliphatic heterocycles. The van der Waals surface area contributed by atoms with E-state index in [2.05, 4.69) is 0 Å². The molecule has 15 heavy (non-hydrogen) atoms. The number of hydrogen-bond acceptors (Lipinski definition) is 3. The summed E-state index contributed by atoms with van der Waals surface area (Å²) >= 11 is 0. The van der Waals surface area contributed by atoms with E-state index in [0.717, 1.165) is 0 Å². The van der Waals surface area contributed by atoms with Crippen LogP contribution in [0.5, 0.6) is 0 Å². The van der Waals surface area contributed by atoms with Crippen molar-refractivity contribution in [1.82, 2.24) is 0 Å². The molecule has 0 aliphatic rings. The number of carboxylic acids is 1. The molecule has 1 rings (SSSR count). The molecule has 0 fully saturated rings. The number of anilines is 1. The topological polar surface area (TPSA) is 87.1 Å². The number of carboxylic acid groups (broad SMARTS) is 1. The van der Waals surface area contributed by atoms with Crippen molar-refractivity contribution in [3.05, 3.63) is 35.4 Å². The van der Waals surface area contributed by atoms with Gasteiger partial charge >= 0.3 is 5.97 Å². The van der Waals surface area contributed by atoms with Gasteiger partial charge in [-0.15, -0.1) is 0 Å². The average molecular weight is 202 g/mol. The van der Waals surface area contributed by atoms with Crippen LogP contribution in [0.2, 0.25) is 0 Å². The lowest BCUT2D eigenvalue weighted by Crippen LogP contribution is -2.00. The molecule has 1 aromatic rings. The molecule has 3 N–H and O–H groups in total. The maximum atomic E-state index is 10.9. The number of hydrogen-bond donors (Lipinski definition) is 2. The molecule has 4 heteroatoms. The minimum atomic E-state index is -1.03. The van der Waals surface area contributed by atoms with Crippen LogP contribution in [-0.4, -0.2) is 11.1 Å². The van der Waals surface area contributed by atoms with Crippen LogP contribution in [0.1, 0.15) is 22.3 Å². The van der Waals surface area contributed by atoms with Crippen LogP contribution in [-0.2, 0) is 0 Å². The number of benzene rings is 1. The summed E-state index contributed by atoms with van der Waals surface area (Å²) in [6, 6.07) is 6.58. The molecule has 0 saturated carbocycles. The second-order valence-electron chi connectivity index (χ2n) is 2.92. The fourth-order valence-corrected chi connectivity index (χ4v) is 1.14. The van der Waals surface area contributed by atoms with E-state index in [1.165, 1.54) is 6.07 Å². The molecule has 0 aromatic heterocycles. The third-order valence-corrected chi connectivity index (χ3v) is 1.81. The standard InChI is InChI=1S/C11H10N2O2/c12-6-2-1-3-8-4-5-9(13)7-10(8)11(14)15/h1,3-5,7H,2,13H2,(H,14,15). The van der Waals surface area contributed by atoms with Crippen LogP contribution in [0.3, 0.4) is 0 Å². The van der Waals surface area contributed by atoms with E-state index in [1.807, 2.05) is 6.07 Å². The maximum absolute atomic E-state index is 10.9. The van der Waals surface area contributed by atoms with E-state index >= 15 is 0 Å². The molecule has 0 aliphatic carbocycles. The van der Waals surface area contributed by atoms with E-state index in [1.54, 1.807) is 24.3 Å². The second kappa shape index (κ2) is 4.82. The summed E-state index contributed by atoms with van der Waals surface area (Å²) in [6.07, 6.45) is 3.47. The second-order valence-corrected chi connectivity index (χ2v) is 2.92. The predicted octanol–water partition coefficient (Wildman–Crippen LogP) is 1.89. The number of carbonyl (C=O) groups is 1. The van der Waals surface area contributed by atoms with Crippen LogP contribution >= 0.6 is 0 Å². The highest BCUT2D eigenvalue weighted by molar-refractivity contribution is 5.93. The fraction of sp³-hybridized carbons (Fsp3) is 0.0909. The highest BCUT2D eigenvalue weighted by Gasteiger charge is 2.07. The quantitative estimate of drug-likeness (QED) is 0.732. The van der Waals surface area contributed by atoms with E-state index in [0.29, 0.717) is 11.3 Å². The fourth-order valence-electron chi connectivity index (χ4n) is 1.14. The zero-order chi connectivity index (χ0) is 11.3. The molecule has 0 radical (unpaired) electrons. The highest BCUT2D eigenvalue weighted by atomic mass is 16.4. The first-order valence-corrected chi connectivity index (χ1v) is 4.31. The van der Waals surface area contributed by atoms with Crippen LogP contribution in [0, 0.1) is 11.3 Å². The summed E-state index contributed by atoms with van der Waals surface area (Å²) in [5.41, 5.74) is 6.58. The molecule has 4 nitrogen and oxygen atoms in total. The third-order valence-electron chi connectivity index (χ3n) is 1.81. The monoisotopic (exact) mass is 202 g/mol. The van der Waals surface area contributed by atoms with Crippen molar-refractivity contribution < 1.29 is 9.90 Å². The summed E-state index contributed by atoms with van der Waals surface area (Å²) in [5.74, 6) is -1.03. The van der Waals surface area contributed by atoms with Crippen molar-refractivity contribution in [3.8, 4) is 6.07 Å². The van der Waals surface area contributed by atoms with Gasteiger partial charge in [0, 0.05) is 5.69 Å². The molecule has 0 unspecified atom stereocenters. The van der Waals surface area contributed by atoms with Crippen LogP contribution in [0.25, 0.3) is 6.08 Å². The molecule has 76 valence electrons. The Hall–Kier alpha value is -2.28. The summed E-state index contributed by atoms with van der Waals surface area (Å²) in [7, 11) is 0. The van der Waals surface area contributed by atoms with Crippen molar-refractivity contribution in [2.24, 2.45) is 0 Å². The number of aromatic carboxylic acids is 1. The van der Waals surface area contributed by atoms with Gasteiger partial charge in [0.05, 0.1) is 18.1 Å². The Kier molecular flexibility index (Phi) is 3.47. The molecule has 0 saturated heterocycles. The first-order chi connectivity index (χ1) is 7.15. The van der Waals surface area contributed by atoms with Gasteiger partial charge in [-0.1, -0.05) is 18.2 Å². The number of nitrogen functional groups attached to an aromatic ring is 1. The predicted molar refractivity (Wildman–Crippen MR) is 57.1 cm³/mol. The van der Waals surface area contributed by atoms with E-state index in [-0.39, 0.29) is 12.0 Å². The van der Waals surface area contributed by atoms with Gasteiger partial charge in [0.1, 0.15) is 0 Å². The highest BCUT2D eigenvalue weighted by Crippen LogP contribution is 2.15. The molecule has 0 bridgehead atoms. The molecule has 0 atom stereocenters. The Morgan fingerprint density at radius 2 is 2.33 bits per heavy atom. The summed E-state index contributed by atoms with van der Waals surface area (Å²) in [6.45, 7) is 0. The number of allylic oxidation sites excluding steroid dienone is 1. The zero-order valence-electron chi connectivity index (χ0n) is 7.97. The molecular weight excluding hydrogens is 192 g/mol. The van der Waals surface area contributed by atoms with Crippen LogP contribution < -0.4 is 5.73 Å². The molecular formula is C11H10N2O2. The lowest BCUT2D eigenvalue weighted by molar-refractivity contribution is 0.0696. The van der Waals surface area contributed by atoms with Crippen molar-refractivity contribution in [1.29, 1.82) is 5.26 Å². The maximum Gasteiger partial charge on any atom is 0.336 e. The van der Waals surface area contributed by atoms with Crippen LogP contribution in [0.15, 0.2) is 24.3 Å². The molecule has 1 aromatic carbocycles. The SMILES string of the molecule is N#CCC=Cc1ccc(N)cc1C(=O)O. The van der Waals surface area contributed by atoms with Gasteiger partial charge in [0.25, 0.3) is 0 Å². The summed E-state index contributed by atoms with van der Waals surface area (Å²) < 4.78 is 0. The van der Waals surface area contributed by atoms with Gasteiger partial charge < -0.3 is 10.8 Å². The van der Waals surface area contributed by atoms with Crippen molar-refractivity contribution in [3.63, 3.8) is 0 Å². The van der Waals surface area contributed by atoms with Crippen molar-refractivity contribution in [2.45, 2.75) is 6.42 Å². The smallest absolute Gasteiger partial charge is 0.336 e. The number of nitrogens with two attached hydrogens (primary N) is 1. The minimum absolute atomic E-state index is 0.143. The van der Waals surface area contributed by atoms with Gasteiger partial charge in [0.2, 0.25) is 0 Å². The zero-order valence-corrected chi connectivity index (χ0v) is 7.97. The largest absolute Gasteiger partial charge is 0.478 e. The number of nitrogens with zero attached hydrogens (tertiary/aromatic N) is 1. The van der Waals surface area contributed by atoms with Gasteiger partial charge in [-0.3, -0.25) is 0 Å². The van der Waals surface area contributed by atoms with E-state index in [4.69, 9.17) is 16.1 Å². The Morgan fingerprint density at radius 1 is 1.60 bits per heavy atom. The van der Waals surface area contributed by atoms with Gasteiger partial charge in [-0.25, -0.2) is 4.79 Å². The van der Waals surface area contributed by atoms with Crippen molar-refractivity contribution >= 4 is 17.7 Å². The normalized spacial score (nSPS) is 10.1. The minimum Gasteiger partial charge on any atom is -0.478 e. The lowest BCUT2D eigenvalue weighted by atomic mass is 10.1. The number of rotatable bonds is 3. The lowest BCUT2D eigenvalue weighted by Gasteiger charge is -2.01. The molecule has 0 amide bonds. The average Bonchev–Trinajstić information content (AvgIpc) is 2.20. The van der Waals surface area contributed by atoms with E-state index in [9.17, 15) is 4.79 Å². The van der Waals surface area contributed by atoms with Crippen molar-refractivity contribution in [2.75, 3.05) is 5.73 Å². The molecule has 0 heterocycles. The Balaban J connectivity index is 3.07. The first kappa shape index (κ1) is 10.8. The Bertz CT molecular complexity index is 444. The number of nitriles is 1. The Morgan fingerprint density at radius 3 is 2.93 bits per heavy atom. The summed E-state index contributed by atoms with van der Waals surface area (Å²) in [4.78, 5) is 10.9. The van der Waals surface area contributed by atoms with Gasteiger partial charge in [-0.05, 0) is 17.7 Å². The Labute approximate surface area is 87.3 Å². The van der Waals surface area contributed by atoms with Gasteiger partial charge in [0.15, 0.2) is 0 Å². The van der Waals surface area contributed by atoms with Gasteiger partial charge in [-0.2, -0.15) is 5.26 Å². The molecule has 0 spiro atoms. The summed E-state index contributed by atoms with van der Waals surface area (Å²) in [5, 5.41) is 17.2. The van der Waals surface area contributed by atoms with E-state index < -0.39 is 5.97 Å². The first-order valence-electron chi connectivity index (χ1n) is 4.31. The van der Waals surface area contributed by atoms with Crippen LogP contribution in [0.4, 0.5) is 5.69 Å². The third kappa shape index (κ3) is 2.85.